The zero-order chi connectivity index (χ0) is 22.5. The number of rotatable bonds is 7. The minimum absolute atomic E-state index is 0.176. The summed E-state index contributed by atoms with van der Waals surface area (Å²) in [5.41, 5.74) is 1.26. The maximum absolute atomic E-state index is 12.3. The predicted octanol–water partition coefficient (Wildman–Crippen LogP) is 2.55. The molecule has 1 unspecified atom stereocenters. The monoisotopic (exact) mass is 434 g/mol. The molecule has 0 radical (unpaired) electrons. The van der Waals surface area contributed by atoms with Gasteiger partial charge >= 0.3 is 5.97 Å². The normalized spacial score (nSPS) is 12.8. The lowest BCUT2D eigenvalue weighted by atomic mass is 10.1. The van der Waals surface area contributed by atoms with E-state index in [-0.39, 0.29) is 19.9 Å². The molecule has 1 atom stereocenters. The Labute approximate surface area is 184 Å². The second kappa shape index (κ2) is 9.38. The molecule has 1 aliphatic rings. The molecule has 2 N–H and O–H groups in total. The first kappa shape index (κ1) is 21.2. The summed E-state index contributed by atoms with van der Waals surface area (Å²) in [6, 6.07) is 18.3. The van der Waals surface area contributed by atoms with Crippen LogP contribution >= 0.6 is 0 Å². The minimum atomic E-state index is -1.01. The lowest BCUT2D eigenvalue weighted by Gasteiger charge is -2.14. The summed E-state index contributed by atoms with van der Waals surface area (Å²) in [6.07, 6.45) is -1.01. The van der Waals surface area contributed by atoms with Crippen LogP contribution in [0.2, 0.25) is 0 Å². The van der Waals surface area contributed by atoms with E-state index in [4.69, 9.17) is 14.2 Å². The van der Waals surface area contributed by atoms with Crippen molar-refractivity contribution in [3.8, 4) is 11.5 Å². The van der Waals surface area contributed by atoms with Gasteiger partial charge in [-0.1, -0.05) is 36.4 Å². The highest BCUT2D eigenvalue weighted by Gasteiger charge is 2.19. The number of amides is 2. The smallest absolute Gasteiger partial charge is 0.326 e. The van der Waals surface area contributed by atoms with E-state index in [9.17, 15) is 14.4 Å². The lowest BCUT2D eigenvalue weighted by Crippen LogP contribution is -2.38. The molecular formula is C24H22N2O6. The van der Waals surface area contributed by atoms with Crippen molar-refractivity contribution in [3.63, 3.8) is 0 Å². The second-order valence-corrected chi connectivity index (χ2v) is 7.28. The molecule has 0 saturated carbocycles. The van der Waals surface area contributed by atoms with Gasteiger partial charge < -0.3 is 24.8 Å². The molecule has 2 amide bonds. The fourth-order valence-corrected chi connectivity index (χ4v) is 3.26. The molecule has 1 aliphatic heterocycles. The molecule has 0 saturated heterocycles. The number of esters is 1. The first-order chi connectivity index (χ1) is 15.5. The molecule has 8 nitrogen and oxygen atoms in total. The standard InChI is InChI=1S/C24H22N2O6/c1-15(23(28)25-12-16-6-9-20-21(10-16)31-14-30-20)32-22(27)13-26-24(29)19-8-7-17-4-2-3-5-18(17)11-19/h2-11,15H,12-14H2,1H3,(H,25,28)(H,26,29). The van der Waals surface area contributed by atoms with E-state index in [1.165, 1.54) is 6.92 Å². The number of hydrogen-bond donors (Lipinski definition) is 2. The first-order valence-corrected chi connectivity index (χ1v) is 10.1. The van der Waals surface area contributed by atoms with Gasteiger partial charge in [0.1, 0.15) is 6.54 Å². The molecule has 0 bridgehead atoms. The van der Waals surface area contributed by atoms with E-state index < -0.39 is 23.9 Å². The van der Waals surface area contributed by atoms with Crippen LogP contribution in [0.4, 0.5) is 0 Å². The molecule has 0 aliphatic carbocycles. The average Bonchev–Trinajstić information content (AvgIpc) is 3.28. The Bertz CT molecular complexity index is 1180. The van der Waals surface area contributed by atoms with Crippen molar-refractivity contribution >= 4 is 28.6 Å². The zero-order valence-electron chi connectivity index (χ0n) is 17.4. The number of carbonyl (C=O) groups excluding carboxylic acids is 3. The summed E-state index contributed by atoms with van der Waals surface area (Å²) in [7, 11) is 0. The van der Waals surface area contributed by atoms with Gasteiger partial charge in [0.2, 0.25) is 6.79 Å². The van der Waals surface area contributed by atoms with Crippen LogP contribution in [-0.2, 0) is 20.9 Å². The molecule has 3 aromatic carbocycles. The molecule has 164 valence electrons. The summed E-state index contributed by atoms with van der Waals surface area (Å²) < 4.78 is 15.7. The van der Waals surface area contributed by atoms with Crippen LogP contribution in [0.3, 0.4) is 0 Å². The SMILES string of the molecule is CC(OC(=O)CNC(=O)c1ccc2ccccc2c1)C(=O)NCc1ccc2c(c1)OCO2. The van der Waals surface area contributed by atoms with Crippen molar-refractivity contribution < 1.29 is 28.6 Å². The number of carbonyl (C=O) groups is 3. The fourth-order valence-electron chi connectivity index (χ4n) is 3.26. The van der Waals surface area contributed by atoms with Crippen molar-refractivity contribution in [2.75, 3.05) is 13.3 Å². The summed E-state index contributed by atoms with van der Waals surface area (Å²) in [4.78, 5) is 36.6. The Morgan fingerprint density at radius 3 is 2.56 bits per heavy atom. The van der Waals surface area contributed by atoms with Crippen molar-refractivity contribution in [2.24, 2.45) is 0 Å². The van der Waals surface area contributed by atoms with Gasteiger partial charge in [-0.05, 0) is 47.5 Å². The topological polar surface area (TPSA) is 103 Å². The summed E-state index contributed by atoms with van der Waals surface area (Å²) in [6.45, 7) is 1.55. The highest BCUT2D eigenvalue weighted by molar-refractivity contribution is 5.99. The van der Waals surface area contributed by atoms with Crippen molar-refractivity contribution in [1.29, 1.82) is 0 Å². The van der Waals surface area contributed by atoms with E-state index in [0.717, 1.165) is 16.3 Å². The fraction of sp³-hybridized carbons (Fsp3) is 0.208. The Kier molecular flexibility index (Phi) is 6.21. The van der Waals surface area contributed by atoms with Gasteiger partial charge in [0.25, 0.3) is 11.8 Å². The third kappa shape index (κ3) is 4.97. The van der Waals surface area contributed by atoms with Gasteiger partial charge in [-0.25, -0.2) is 0 Å². The Hall–Kier alpha value is -4.07. The van der Waals surface area contributed by atoms with Crippen LogP contribution in [0.25, 0.3) is 10.8 Å². The summed E-state index contributed by atoms with van der Waals surface area (Å²) in [5.74, 6) is -0.263. The Morgan fingerprint density at radius 1 is 0.938 bits per heavy atom. The molecule has 0 aromatic heterocycles. The van der Waals surface area contributed by atoms with Crippen LogP contribution < -0.4 is 20.1 Å². The third-order valence-corrected chi connectivity index (χ3v) is 4.99. The molecule has 8 heteroatoms. The zero-order valence-corrected chi connectivity index (χ0v) is 17.4. The van der Waals surface area contributed by atoms with Gasteiger partial charge in [-0.15, -0.1) is 0 Å². The van der Waals surface area contributed by atoms with E-state index in [2.05, 4.69) is 10.6 Å². The van der Waals surface area contributed by atoms with Crippen molar-refractivity contribution in [2.45, 2.75) is 19.6 Å². The Balaban J connectivity index is 1.23. The summed E-state index contributed by atoms with van der Waals surface area (Å²) in [5, 5.41) is 7.17. The van der Waals surface area contributed by atoms with Gasteiger partial charge in [0.15, 0.2) is 17.6 Å². The van der Waals surface area contributed by atoms with Crippen LogP contribution in [-0.4, -0.2) is 37.2 Å². The number of hydrogen-bond acceptors (Lipinski definition) is 6. The molecule has 1 heterocycles. The molecule has 4 rings (SSSR count). The maximum Gasteiger partial charge on any atom is 0.326 e. The second-order valence-electron chi connectivity index (χ2n) is 7.28. The maximum atomic E-state index is 12.3. The van der Waals surface area contributed by atoms with Gasteiger partial charge in [-0.3, -0.25) is 14.4 Å². The number of fused-ring (bicyclic) bond motifs is 2. The van der Waals surface area contributed by atoms with Crippen molar-refractivity contribution in [1.82, 2.24) is 10.6 Å². The van der Waals surface area contributed by atoms with E-state index in [1.807, 2.05) is 36.4 Å². The van der Waals surface area contributed by atoms with E-state index in [0.29, 0.717) is 17.1 Å². The van der Waals surface area contributed by atoms with Crippen LogP contribution in [0.15, 0.2) is 60.7 Å². The first-order valence-electron chi connectivity index (χ1n) is 10.1. The highest BCUT2D eigenvalue weighted by atomic mass is 16.7. The van der Waals surface area contributed by atoms with Gasteiger partial charge in [0.05, 0.1) is 0 Å². The molecule has 0 spiro atoms. The minimum Gasteiger partial charge on any atom is -0.454 e. The molecule has 3 aromatic rings. The quantitative estimate of drug-likeness (QED) is 0.554. The lowest BCUT2D eigenvalue weighted by molar-refractivity contribution is -0.153. The van der Waals surface area contributed by atoms with Crippen LogP contribution in [0.1, 0.15) is 22.8 Å². The van der Waals surface area contributed by atoms with Gasteiger partial charge in [-0.2, -0.15) is 0 Å². The van der Waals surface area contributed by atoms with Crippen LogP contribution in [0.5, 0.6) is 11.5 Å². The molecule has 32 heavy (non-hydrogen) atoms. The van der Waals surface area contributed by atoms with Crippen LogP contribution in [0, 0.1) is 0 Å². The largest absolute Gasteiger partial charge is 0.454 e. The third-order valence-electron chi connectivity index (χ3n) is 4.99. The predicted molar refractivity (Wildman–Crippen MR) is 116 cm³/mol. The molecular weight excluding hydrogens is 412 g/mol. The van der Waals surface area contributed by atoms with Crippen molar-refractivity contribution in [3.05, 3.63) is 71.8 Å². The van der Waals surface area contributed by atoms with E-state index in [1.54, 1.807) is 24.3 Å². The average molecular weight is 434 g/mol. The summed E-state index contributed by atoms with van der Waals surface area (Å²) >= 11 is 0. The highest BCUT2D eigenvalue weighted by Crippen LogP contribution is 2.32. The molecule has 0 fully saturated rings. The Morgan fingerprint density at radius 2 is 1.72 bits per heavy atom. The number of nitrogens with one attached hydrogen (secondary N) is 2. The number of ether oxygens (including phenoxy) is 3. The number of benzene rings is 3. The van der Waals surface area contributed by atoms with Gasteiger partial charge in [0, 0.05) is 12.1 Å². The van der Waals surface area contributed by atoms with E-state index >= 15 is 0 Å².